The minimum absolute atomic E-state index is 0.0133. The molecule has 1 fully saturated rings. The quantitative estimate of drug-likeness (QED) is 0.126. The Hall–Kier alpha value is -4.52. The highest BCUT2D eigenvalue weighted by molar-refractivity contribution is 7.91. The predicted molar refractivity (Wildman–Crippen MR) is 203 cm³/mol. The average molecular weight is 821 g/mol. The lowest BCUT2D eigenvalue weighted by atomic mass is 10.1. The van der Waals surface area contributed by atoms with Crippen molar-refractivity contribution in [2.75, 3.05) is 54.9 Å². The van der Waals surface area contributed by atoms with Crippen LogP contribution in [-0.4, -0.2) is 81.4 Å². The number of nitrogens with zero attached hydrogens (tertiary/aromatic N) is 5. The number of nitrogens with one attached hydrogen (secondary N) is 1. The number of anilines is 3. The molecule has 5 aromatic rings. The van der Waals surface area contributed by atoms with Crippen molar-refractivity contribution in [3.05, 3.63) is 101 Å². The molecule has 292 valence electrons. The van der Waals surface area contributed by atoms with E-state index in [-0.39, 0.29) is 28.9 Å². The summed E-state index contributed by atoms with van der Waals surface area (Å²) in [6.45, 7) is 6.10. The van der Waals surface area contributed by atoms with E-state index in [1.54, 1.807) is 30.3 Å². The van der Waals surface area contributed by atoms with Gasteiger partial charge < -0.3 is 10.2 Å². The van der Waals surface area contributed by atoms with Crippen LogP contribution in [0.1, 0.15) is 35.9 Å². The van der Waals surface area contributed by atoms with Gasteiger partial charge in [-0.3, -0.25) is 4.90 Å². The molecule has 0 amide bonds. The van der Waals surface area contributed by atoms with Crippen LogP contribution in [0, 0.1) is 11.6 Å². The maximum Gasteiger partial charge on any atom is 0.418 e. The number of thiazole rings is 1. The summed E-state index contributed by atoms with van der Waals surface area (Å²) in [6, 6.07) is 14.8. The van der Waals surface area contributed by atoms with Crippen LogP contribution < -0.4 is 10.2 Å². The molecule has 0 aliphatic carbocycles. The van der Waals surface area contributed by atoms with Gasteiger partial charge in [-0.15, -0.1) is 11.3 Å². The third-order valence-corrected chi connectivity index (χ3v) is 12.9. The van der Waals surface area contributed by atoms with Gasteiger partial charge in [0.25, 0.3) is 0 Å². The first-order valence-corrected chi connectivity index (χ1v) is 21.6. The van der Waals surface area contributed by atoms with E-state index in [4.69, 9.17) is 4.98 Å². The first kappa shape index (κ1) is 40.2. The second kappa shape index (κ2) is 15.9. The molecule has 6 rings (SSSR count). The van der Waals surface area contributed by atoms with Gasteiger partial charge in [-0.05, 0) is 48.0 Å². The second-order valence-corrected chi connectivity index (χ2v) is 18.7. The molecule has 10 nitrogen and oxygen atoms in total. The van der Waals surface area contributed by atoms with Crippen LogP contribution >= 0.6 is 11.3 Å². The molecule has 1 saturated heterocycles. The highest BCUT2D eigenvalue weighted by atomic mass is 32.2. The van der Waals surface area contributed by atoms with E-state index in [1.165, 1.54) is 35.9 Å². The SMILES string of the molecule is CC(C)c1nc(-c2cccc(CS(=O)(=O)c3c(F)cccc3F)c2)c(-c2ccnc(Nc3ccc(N4CCN(CCS(C)(=O)=O)CC4)cc3C(F)(F)F)n2)s1. The fourth-order valence-corrected chi connectivity index (χ4v) is 9.24. The number of halogens is 5. The molecule has 55 heavy (non-hydrogen) atoms. The first-order chi connectivity index (χ1) is 25.9. The van der Waals surface area contributed by atoms with Crippen LogP contribution in [0.5, 0.6) is 0 Å². The molecule has 3 aromatic carbocycles. The van der Waals surface area contributed by atoms with Crippen molar-refractivity contribution < 1.29 is 38.8 Å². The number of hydrogen-bond acceptors (Lipinski definition) is 11. The Morgan fingerprint density at radius 3 is 2.24 bits per heavy atom. The number of piperazine rings is 1. The Labute approximate surface area is 319 Å². The van der Waals surface area contributed by atoms with Crippen LogP contribution in [0.3, 0.4) is 0 Å². The van der Waals surface area contributed by atoms with Gasteiger partial charge in [-0.25, -0.2) is 40.6 Å². The molecule has 0 unspecified atom stereocenters. The Morgan fingerprint density at radius 2 is 1.58 bits per heavy atom. The molecule has 0 spiro atoms. The summed E-state index contributed by atoms with van der Waals surface area (Å²) in [4.78, 5) is 16.9. The molecular formula is C37H37F5N6O4S3. The van der Waals surface area contributed by atoms with Gasteiger partial charge in [-0.2, -0.15) is 13.2 Å². The molecule has 1 aliphatic heterocycles. The summed E-state index contributed by atoms with van der Waals surface area (Å²) < 4.78 is 121. The van der Waals surface area contributed by atoms with Crippen molar-refractivity contribution in [2.45, 2.75) is 36.6 Å². The van der Waals surface area contributed by atoms with Gasteiger partial charge in [0.1, 0.15) is 26.4 Å². The van der Waals surface area contributed by atoms with E-state index in [1.807, 2.05) is 23.6 Å². The van der Waals surface area contributed by atoms with Crippen molar-refractivity contribution in [2.24, 2.45) is 0 Å². The zero-order valence-corrected chi connectivity index (χ0v) is 32.4. The number of aromatic nitrogens is 3. The highest BCUT2D eigenvalue weighted by Gasteiger charge is 2.35. The number of benzene rings is 3. The molecule has 1 N–H and O–H groups in total. The van der Waals surface area contributed by atoms with Gasteiger partial charge in [0.05, 0.1) is 44.0 Å². The summed E-state index contributed by atoms with van der Waals surface area (Å²) >= 11 is 1.31. The normalized spacial score (nSPS) is 14.5. The van der Waals surface area contributed by atoms with E-state index in [9.17, 15) is 38.8 Å². The van der Waals surface area contributed by atoms with Crippen LogP contribution in [-0.2, 0) is 31.6 Å². The van der Waals surface area contributed by atoms with E-state index in [2.05, 4.69) is 15.3 Å². The van der Waals surface area contributed by atoms with E-state index >= 15 is 0 Å². The molecule has 2 aromatic heterocycles. The largest absolute Gasteiger partial charge is 0.418 e. The fourth-order valence-electron chi connectivity index (χ4n) is 6.10. The third-order valence-electron chi connectivity index (χ3n) is 8.88. The zero-order valence-electron chi connectivity index (χ0n) is 29.9. The molecule has 1 aliphatic rings. The Kier molecular flexibility index (Phi) is 11.6. The number of alkyl halides is 3. The molecular weight excluding hydrogens is 784 g/mol. The number of rotatable bonds is 12. The molecule has 0 saturated carbocycles. The second-order valence-electron chi connectivity index (χ2n) is 13.5. The van der Waals surface area contributed by atoms with E-state index in [0.29, 0.717) is 60.2 Å². The first-order valence-electron chi connectivity index (χ1n) is 17.1. The summed E-state index contributed by atoms with van der Waals surface area (Å²) in [5.41, 5.74) is 0.744. The number of sulfone groups is 2. The lowest BCUT2D eigenvalue weighted by molar-refractivity contribution is -0.136. The van der Waals surface area contributed by atoms with E-state index < -0.39 is 53.7 Å². The Morgan fingerprint density at radius 1 is 0.891 bits per heavy atom. The van der Waals surface area contributed by atoms with Crippen LogP contribution in [0.2, 0.25) is 0 Å². The monoisotopic (exact) mass is 820 g/mol. The van der Waals surface area contributed by atoms with Crippen LogP contribution in [0.15, 0.2) is 77.8 Å². The Bertz CT molecular complexity index is 2400. The summed E-state index contributed by atoms with van der Waals surface area (Å²) in [5.74, 6) is -3.17. The summed E-state index contributed by atoms with van der Waals surface area (Å²) in [6.07, 6.45) is -2.15. The van der Waals surface area contributed by atoms with Gasteiger partial charge in [0, 0.05) is 62.3 Å². The van der Waals surface area contributed by atoms with Crippen molar-refractivity contribution in [3.63, 3.8) is 0 Å². The minimum atomic E-state index is -4.72. The topological polar surface area (TPSA) is 125 Å². The average Bonchev–Trinajstić information content (AvgIpc) is 3.57. The molecule has 3 heterocycles. The van der Waals surface area contributed by atoms with Gasteiger partial charge in [0.2, 0.25) is 5.95 Å². The standard InChI is InChI=1S/C37H37F5N6O4S3/c1-23(2)35-46-32(25-7-4-6-24(20-25)22-55(51,52)34-28(38)8-5-9-29(34)39)33(53-35)31-12-13-43-36(45-31)44-30-11-10-26(21-27(30)37(40,41)42)48-16-14-47(15-17-48)18-19-54(3,49)50/h4-13,20-21,23H,14-19,22H2,1-3H3,(H,43,44,45). The Balaban J connectivity index is 1.27. The molecule has 18 heteroatoms. The zero-order chi connectivity index (χ0) is 39.7. The summed E-state index contributed by atoms with van der Waals surface area (Å²) in [5, 5.41) is 3.45. The van der Waals surface area contributed by atoms with Gasteiger partial charge in [-0.1, -0.05) is 38.1 Å². The lowest BCUT2D eigenvalue weighted by Gasteiger charge is -2.36. The van der Waals surface area contributed by atoms with Gasteiger partial charge >= 0.3 is 6.18 Å². The predicted octanol–water partition coefficient (Wildman–Crippen LogP) is 7.57. The molecule has 0 atom stereocenters. The van der Waals surface area contributed by atoms with E-state index in [0.717, 1.165) is 29.3 Å². The molecule has 0 bridgehead atoms. The van der Waals surface area contributed by atoms with Crippen molar-refractivity contribution in [1.29, 1.82) is 0 Å². The fraction of sp³-hybridized carbons (Fsp3) is 0.324. The third kappa shape index (κ3) is 9.66. The van der Waals surface area contributed by atoms with Crippen LogP contribution in [0.25, 0.3) is 21.8 Å². The summed E-state index contributed by atoms with van der Waals surface area (Å²) in [7, 11) is -7.54. The maximum atomic E-state index is 14.5. The lowest BCUT2D eigenvalue weighted by Crippen LogP contribution is -2.47. The van der Waals surface area contributed by atoms with Crippen LogP contribution in [0.4, 0.5) is 39.3 Å². The highest BCUT2D eigenvalue weighted by Crippen LogP contribution is 2.41. The maximum absolute atomic E-state index is 14.5. The van der Waals surface area contributed by atoms with Crippen molar-refractivity contribution in [3.8, 4) is 21.8 Å². The molecule has 0 radical (unpaired) electrons. The smallest absolute Gasteiger partial charge is 0.369 e. The van der Waals surface area contributed by atoms with Gasteiger partial charge in [0.15, 0.2) is 9.84 Å². The minimum Gasteiger partial charge on any atom is -0.369 e. The number of hydrogen-bond donors (Lipinski definition) is 1. The van der Waals surface area contributed by atoms with Crippen molar-refractivity contribution in [1.82, 2.24) is 19.9 Å². The van der Waals surface area contributed by atoms with Crippen molar-refractivity contribution >= 4 is 48.3 Å².